The summed E-state index contributed by atoms with van der Waals surface area (Å²) in [4.78, 5) is 24.7. The zero-order chi connectivity index (χ0) is 19.1. The van der Waals surface area contributed by atoms with Crippen molar-refractivity contribution in [3.8, 4) is 5.82 Å². The Bertz CT molecular complexity index is 1320. The van der Waals surface area contributed by atoms with Gasteiger partial charge in [0.2, 0.25) is 0 Å². The Morgan fingerprint density at radius 2 is 1.82 bits per heavy atom. The maximum Gasteiger partial charge on any atom is 0.273 e. The van der Waals surface area contributed by atoms with E-state index in [4.69, 9.17) is 0 Å². The fraction of sp³-hybridized carbons (Fsp3) is 0. The summed E-state index contributed by atoms with van der Waals surface area (Å²) >= 11 is 3.51. The molecule has 0 spiro atoms. The van der Waals surface area contributed by atoms with Gasteiger partial charge in [-0.2, -0.15) is 0 Å². The first-order chi connectivity index (χ1) is 13.7. The number of benzene rings is 2. The molecule has 2 aromatic carbocycles. The third-order valence-corrected chi connectivity index (χ3v) is 5.40. The SMILES string of the molecule is O=C(Nc1ccc(-n2cnc3ccccc32)nc1)c1[nH]c2ccccc2c1Br. The number of nitrogens with zero attached hydrogens (tertiary/aromatic N) is 3. The van der Waals surface area contributed by atoms with Crippen LogP contribution in [0.3, 0.4) is 0 Å². The van der Waals surface area contributed by atoms with Crippen LogP contribution in [-0.4, -0.2) is 25.4 Å². The molecule has 7 heteroatoms. The molecule has 0 atom stereocenters. The van der Waals surface area contributed by atoms with E-state index in [1.165, 1.54) is 0 Å². The van der Waals surface area contributed by atoms with E-state index >= 15 is 0 Å². The van der Waals surface area contributed by atoms with Crippen LogP contribution in [-0.2, 0) is 0 Å². The van der Waals surface area contributed by atoms with Gasteiger partial charge in [0.05, 0.1) is 27.4 Å². The molecule has 0 aliphatic heterocycles. The summed E-state index contributed by atoms with van der Waals surface area (Å²) in [7, 11) is 0. The van der Waals surface area contributed by atoms with E-state index in [9.17, 15) is 4.79 Å². The Labute approximate surface area is 168 Å². The maximum atomic E-state index is 12.7. The second-order valence-electron chi connectivity index (χ2n) is 6.32. The number of amides is 1. The number of H-pyrrole nitrogens is 1. The summed E-state index contributed by atoms with van der Waals surface area (Å²) in [6.07, 6.45) is 3.38. The molecule has 0 unspecified atom stereocenters. The van der Waals surface area contributed by atoms with Gasteiger partial charge in [0.15, 0.2) is 0 Å². The standard InChI is InChI=1S/C21H14BrN5O/c22-19-14-5-1-2-6-15(14)26-20(19)21(28)25-13-9-10-18(23-11-13)27-12-24-16-7-3-4-8-17(16)27/h1-12,26H,(H,25,28). The number of hydrogen-bond acceptors (Lipinski definition) is 3. The van der Waals surface area contributed by atoms with Crippen molar-refractivity contribution in [3.05, 3.63) is 83.4 Å². The Morgan fingerprint density at radius 3 is 2.64 bits per heavy atom. The zero-order valence-electron chi connectivity index (χ0n) is 14.6. The highest BCUT2D eigenvalue weighted by molar-refractivity contribution is 9.10. The van der Waals surface area contributed by atoms with Crippen LogP contribution in [0.15, 0.2) is 77.7 Å². The Morgan fingerprint density at radius 1 is 1.00 bits per heavy atom. The van der Waals surface area contributed by atoms with Crippen LogP contribution in [0.2, 0.25) is 0 Å². The third kappa shape index (κ3) is 2.76. The lowest BCUT2D eigenvalue weighted by atomic mass is 10.2. The molecule has 0 aliphatic carbocycles. The van der Waals surface area contributed by atoms with Crippen LogP contribution in [0, 0.1) is 0 Å². The van der Waals surface area contributed by atoms with Gasteiger partial charge in [-0.25, -0.2) is 9.97 Å². The van der Waals surface area contributed by atoms with Gasteiger partial charge in [-0.15, -0.1) is 0 Å². The van der Waals surface area contributed by atoms with Crippen molar-refractivity contribution in [2.45, 2.75) is 0 Å². The number of hydrogen-bond donors (Lipinski definition) is 2. The number of aromatic amines is 1. The lowest BCUT2D eigenvalue weighted by molar-refractivity contribution is 0.102. The predicted molar refractivity (Wildman–Crippen MR) is 113 cm³/mol. The van der Waals surface area contributed by atoms with Crippen molar-refractivity contribution < 1.29 is 4.79 Å². The van der Waals surface area contributed by atoms with Gasteiger partial charge in [0, 0.05) is 10.9 Å². The highest BCUT2D eigenvalue weighted by Gasteiger charge is 2.16. The van der Waals surface area contributed by atoms with Crippen LogP contribution in [0.4, 0.5) is 5.69 Å². The molecule has 0 radical (unpaired) electrons. The van der Waals surface area contributed by atoms with E-state index in [1.807, 2.05) is 65.2 Å². The Balaban J connectivity index is 1.41. The van der Waals surface area contributed by atoms with E-state index in [2.05, 4.69) is 36.2 Å². The molecule has 2 N–H and O–H groups in total. The minimum atomic E-state index is -0.231. The Kier molecular flexibility index (Phi) is 3.95. The molecule has 0 saturated heterocycles. The second-order valence-corrected chi connectivity index (χ2v) is 7.12. The molecule has 3 heterocycles. The normalized spacial score (nSPS) is 11.2. The summed E-state index contributed by atoms with van der Waals surface area (Å²) in [6.45, 7) is 0. The summed E-state index contributed by atoms with van der Waals surface area (Å²) in [5, 5.41) is 3.85. The summed E-state index contributed by atoms with van der Waals surface area (Å²) in [5.74, 6) is 0.504. The number of halogens is 1. The number of nitrogens with one attached hydrogen (secondary N) is 2. The van der Waals surface area contributed by atoms with Crippen molar-refractivity contribution in [2.24, 2.45) is 0 Å². The van der Waals surface area contributed by atoms with Crippen molar-refractivity contribution in [1.82, 2.24) is 19.5 Å². The number of pyridine rings is 1. The number of para-hydroxylation sites is 3. The van der Waals surface area contributed by atoms with E-state index in [1.54, 1.807) is 12.5 Å². The van der Waals surface area contributed by atoms with Gasteiger partial charge in [-0.05, 0) is 46.3 Å². The molecule has 0 saturated carbocycles. The lowest BCUT2D eigenvalue weighted by Gasteiger charge is -2.07. The van der Waals surface area contributed by atoms with Gasteiger partial charge >= 0.3 is 0 Å². The van der Waals surface area contributed by atoms with E-state index in [0.717, 1.165) is 32.2 Å². The molecule has 0 fully saturated rings. The minimum absolute atomic E-state index is 0.231. The van der Waals surface area contributed by atoms with Gasteiger partial charge in [0.25, 0.3) is 5.91 Å². The molecule has 0 bridgehead atoms. The van der Waals surface area contributed by atoms with Crippen LogP contribution in [0.25, 0.3) is 27.8 Å². The quantitative estimate of drug-likeness (QED) is 0.425. The molecule has 5 aromatic rings. The fourth-order valence-electron chi connectivity index (χ4n) is 3.20. The predicted octanol–water partition coefficient (Wildman–Crippen LogP) is 4.92. The number of fused-ring (bicyclic) bond motifs is 2. The number of aromatic nitrogens is 4. The van der Waals surface area contributed by atoms with Crippen molar-refractivity contribution in [1.29, 1.82) is 0 Å². The average Bonchev–Trinajstić information content (AvgIpc) is 3.30. The average molecular weight is 432 g/mol. The first kappa shape index (κ1) is 16.7. The molecule has 28 heavy (non-hydrogen) atoms. The fourth-order valence-corrected chi connectivity index (χ4v) is 3.83. The van der Waals surface area contributed by atoms with Gasteiger partial charge < -0.3 is 10.3 Å². The number of carbonyl (C=O) groups excluding carboxylic acids is 1. The number of imidazole rings is 1. The van der Waals surface area contributed by atoms with Crippen molar-refractivity contribution in [2.75, 3.05) is 5.32 Å². The highest BCUT2D eigenvalue weighted by atomic mass is 79.9. The summed E-state index contributed by atoms with van der Waals surface area (Å²) < 4.78 is 2.66. The largest absolute Gasteiger partial charge is 0.350 e. The zero-order valence-corrected chi connectivity index (χ0v) is 16.1. The topological polar surface area (TPSA) is 75.6 Å². The molecule has 136 valence electrons. The van der Waals surface area contributed by atoms with Crippen molar-refractivity contribution >= 4 is 49.5 Å². The monoisotopic (exact) mass is 431 g/mol. The molecule has 0 aliphatic rings. The number of carbonyl (C=O) groups is 1. The van der Waals surface area contributed by atoms with Gasteiger partial charge in [-0.1, -0.05) is 30.3 Å². The number of anilines is 1. The van der Waals surface area contributed by atoms with Gasteiger partial charge in [0.1, 0.15) is 17.8 Å². The minimum Gasteiger partial charge on any atom is -0.350 e. The van der Waals surface area contributed by atoms with Crippen LogP contribution < -0.4 is 5.32 Å². The molecule has 3 aromatic heterocycles. The lowest BCUT2D eigenvalue weighted by Crippen LogP contribution is -2.13. The Hall–Kier alpha value is -3.45. The molecule has 6 nitrogen and oxygen atoms in total. The molecule has 1 amide bonds. The van der Waals surface area contributed by atoms with Crippen LogP contribution >= 0.6 is 15.9 Å². The van der Waals surface area contributed by atoms with Gasteiger partial charge in [-0.3, -0.25) is 9.36 Å². The first-order valence-corrected chi connectivity index (χ1v) is 9.46. The van der Waals surface area contributed by atoms with E-state index in [0.29, 0.717) is 11.4 Å². The van der Waals surface area contributed by atoms with Crippen LogP contribution in [0.1, 0.15) is 10.5 Å². The van der Waals surface area contributed by atoms with E-state index in [-0.39, 0.29) is 5.91 Å². The van der Waals surface area contributed by atoms with E-state index < -0.39 is 0 Å². The molecule has 5 rings (SSSR count). The van der Waals surface area contributed by atoms with Crippen molar-refractivity contribution in [3.63, 3.8) is 0 Å². The third-order valence-electron chi connectivity index (χ3n) is 4.58. The maximum absolute atomic E-state index is 12.7. The molecular weight excluding hydrogens is 418 g/mol. The van der Waals surface area contributed by atoms with Crippen LogP contribution in [0.5, 0.6) is 0 Å². The summed E-state index contributed by atoms with van der Waals surface area (Å²) in [5.41, 5.74) is 3.88. The second kappa shape index (κ2) is 6.61. The molecular formula is C21H14BrN5O. The first-order valence-electron chi connectivity index (χ1n) is 8.67. The number of rotatable bonds is 3. The summed E-state index contributed by atoms with van der Waals surface area (Å²) in [6, 6.07) is 19.3. The highest BCUT2D eigenvalue weighted by Crippen LogP contribution is 2.28. The smallest absolute Gasteiger partial charge is 0.273 e.